The Bertz CT molecular complexity index is 1100. The number of para-hydroxylation sites is 1. The van der Waals surface area contributed by atoms with Gasteiger partial charge in [-0.1, -0.05) is 24.3 Å². The van der Waals surface area contributed by atoms with Crippen molar-refractivity contribution < 1.29 is 23.5 Å². The summed E-state index contributed by atoms with van der Waals surface area (Å²) in [5.74, 6) is 1.15. The van der Waals surface area contributed by atoms with Crippen LogP contribution in [0.3, 0.4) is 0 Å². The van der Waals surface area contributed by atoms with Gasteiger partial charge in [0.05, 0.1) is 19.8 Å². The maximum atomic E-state index is 13.3. The van der Waals surface area contributed by atoms with Crippen molar-refractivity contribution in [3.63, 3.8) is 0 Å². The molecule has 3 aromatic rings. The van der Waals surface area contributed by atoms with Crippen LogP contribution in [0.4, 0.5) is 5.69 Å². The molecule has 1 aromatic heterocycles. The van der Waals surface area contributed by atoms with Crippen LogP contribution in [0.1, 0.15) is 44.0 Å². The fourth-order valence-corrected chi connectivity index (χ4v) is 3.74. The number of nitrogens with one attached hydrogen (secondary N) is 1. The summed E-state index contributed by atoms with van der Waals surface area (Å²) >= 11 is 0. The minimum Gasteiger partial charge on any atom is -0.497 e. The van der Waals surface area contributed by atoms with E-state index in [4.69, 9.17) is 13.9 Å². The van der Waals surface area contributed by atoms with Gasteiger partial charge < -0.3 is 24.1 Å². The standard InChI is InChI=1S/C24H24N2O5/c1-15-19(24(28)30-3)14-21(31-15)22-25-20-7-5-4-6-18(20)23(27)26(22)13-12-16-8-10-17(29-2)11-9-16/h4-11,14,22,25H,12-13H2,1-3H3/t22-/m0/s1. The normalized spacial score (nSPS) is 15.3. The van der Waals surface area contributed by atoms with E-state index in [2.05, 4.69) is 5.32 Å². The SMILES string of the molecule is COC(=O)c1cc([C@H]2Nc3ccccc3C(=O)N2CCc2ccc(OC)cc2)oc1C. The molecule has 4 rings (SSSR count). The van der Waals surface area contributed by atoms with Crippen LogP contribution < -0.4 is 10.1 Å². The maximum absolute atomic E-state index is 13.3. The molecule has 1 N–H and O–H groups in total. The zero-order chi connectivity index (χ0) is 22.0. The van der Waals surface area contributed by atoms with Gasteiger partial charge in [-0.2, -0.15) is 0 Å². The number of methoxy groups -OCH3 is 2. The number of hydrogen-bond donors (Lipinski definition) is 1. The first-order valence-corrected chi connectivity index (χ1v) is 10.00. The summed E-state index contributed by atoms with van der Waals surface area (Å²) < 4.78 is 15.9. The van der Waals surface area contributed by atoms with Crippen molar-refractivity contribution in [3.05, 3.63) is 82.8 Å². The van der Waals surface area contributed by atoms with E-state index >= 15 is 0 Å². The number of hydrogen-bond acceptors (Lipinski definition) is 6. The van der Waals surface area contributed by atoms with Gasteiger partial charge in [-0.15, -0.1) is 0 Å². The number of anilines is 1. The number of carbonyl (C=O) groups is 2. The van der Waals surface area contributed by atoms with Gasteiger partial charge in [0.25, 0.3) is 5.91 Å². The molecule has 0 spiro atoms. The molecule has 0 aliphatic carbocycles. The summed E-state index contributed by atoms with van der Waals surface area (Å²) in [6.45, 7) is 2.17. The van der Waals surface area contributed by atoms with Crippen LogP contribution >= 0.6 is 0 Å². The van der Waals surface area contributed by atoms with Gasteiger partial charge in [-0.3, -0.25) is 4.79 Å². The Balaban J connectivity index is 1.65. The topological polar surface area (TPSA) is 81.0 Å². The molecule has 2 aromatic carbocycles. The van der Waals surface area contributed by atoms with Gasteiger partial charge in [0.1, 0.15) is 22.8 Å². The van der Waals surface area contributed by atoms with Crippen LogP contribution in [0.15, 0.2) is 59.0 Å². The monoisotopic (exact) mass is 420 g/mol. The third kappa shape index (κ3) is 3.99. The zero-order valence-electron chi connectivity index (χ0n) is 17.7. The molecule has 0 unspecified atom stereocenters. The van der Waals surface area contributed by atoms with Crippen LogP contribution in [0.2, 0.25) is 0 Å². The molecule has 0 fully saturated rings. The zero-order valence-corrected chi connectivity index (χ0v) is 17.7. The highest BCUT2D eigenvalue weighted by Crippen LogP contribution is 2.35. The Hall–Kier alpha value is -3.74. The number of benzene rings is 2. The molecular weight excluding hydrogens is 396 g/mol. The van der Waals surface area contributed by atoms with E-state index in [1.807, 2.05) is 42.5 Å². The van der Waals surface area contributed by atoms with E-state index in [1.54, 1.807) is 31.1 Å². The third-order valence-electron chi connectivity index (χ3n) is 5.43. The molecule has 1 aliphatic heterocycles. The quantitative estimate of drug-likeness (QED) is 0.602. The van der Waals surface area contributed by atoms with Crippen LogP contribution in [0.5, 0.6) is 5.75 Å². The van der Waals surface area contributed by atoms with Gasteiger partial charge in [0, 0.05) is 12.2 Å². The Morgan fingerprint density at radius 1 is 1.13 bits per heavy atom. The predicted molar refractivity (Wildman–Crippen MR) is 115 cm³/mol. The second-order valence-corrected chi connectivity index (χ2v) is 7.30. The summed E-state index contributed by atoms with van der Waals surface area (Å²) in [7, 11) is 2.96. The minimum absolute atomic E-state index is 0.0958. The third-order valence-corrected chi connectivity index (χ3v) is 5.43. The predicted octanol–water partition coefficient (Wildman–Crippen LogP) is 4.19. The number of ether oxygens (including phenoxy) is 2. The highest BCUT2D eigenvalue weighted by Gasteiger charge is 2.35. The lowest BCUT2D eigenvalue weighted by Gasteiger charge is -2.36. The molecule has 0 bridgehead atoms. The minimum atomic E-state index is -0.544. The fraction of sp³-hybridized carbons (Fsp3) is 0.250. The number of esters is 1. The lowest BCUT2D eigenvalue weighted by Crippen LogP contribution is -2.43. The largest absolute Gasteiger partial charge is 0.497 e. The maximum Gasteiger partial charge on any atom is 0.341 e. The first-order chi connectivity index (χ1) is 15.0. The molecule has 160 valence electrons. The molecular formula is C24H24N2O5. The lowest BCUT2D eigenvalue weighted by atomic mass is 10.0. The fourth-order valence-electron chi connectivity index (χ4n) is 3.74. The van der Waals surface area contributed by atoms with Crippen molar-refractivity contribution in [1.29, 1.82) is 0 Å². The summed E-state index contributed by atoms with van der Waals surface area (Å²) in [4.78, 5) is 27.1. The highest BCUT2D eigenvalue weighted by atomic mass is 16.5. The average molecular weight is 420 g/mol. The molecule has 1 amide bonds. The van der Waals surface area contributed by atoms with Crippen LogP contribution in [-0.2, 0) is 11.2 Å². The Morgan fingerprint density at radius 3 is 2.58 bits per heavy atom. The molecule has 2 heterocycles. The van der Waals surface area contributed by atoms with Crippen LogP contribution in [-0.4, -0.2) is 37.5 Å². The Morgan fingerprint density at radius 2 is 1.87 bits per heavy atom. The van der Waals surface area contributed by atoms with Crippen molar-refractivity contribution in [2.45, 2.75) is 19.5 Å². The number of carbonyl (C=O) groups excluding carboxylic acids is 2. The van der Waals surface area contributed by atoms with E-state index in [1.165, 1.54) is 7.11 Å². The number of rotatable bonds is 6. The smallest absolute Gasteiger partial charge is 0.341 e. The van der Waals surface area contributed by atoms with Gasteiger partial charge >= 0.3 is 5.97 Å². The molecule has 0 radical (unpaired) electrons. The first kappa shape index (κ1) is 20.5. The first-order valence-electron chi connectivity index (χ1n) is 10.00. The van der Waals surface area contributed by atoms with Gasteiger partial charge in [-0.05, 0) is 49.2 Å². The van der Waals surface area contributed by atoms with Crippen molar-refractivity contribution in [2.75, 3.05) is 26.1 Å². The Labute approximate surface area is 180 Å². The van der Waals surface area contributed by atoms with E-state index < -0.39 is 12.1 Å². The number of fused-ring (bicyclic) bond motifs is 1. The van der Waals surface area contributed by atoms with E-state index in [0.717, 1.165) is 17.0 Å². The summed E-state index contributed by atoms with van der Waals surface area (Å²) in [5.41, 5.74) is 2.76. The van der Waals surface area contributed by atoms with Crippen LogP contribution in [0, 0.1) is 6.92 Å². The number of aryl methyl sites for hydroxylation is 1. The molecule has 7 nitrogen and oxygen atoms in total. The Kier molecular flexibility index (Phi) is 5.66. The van der Waals surface area contributed by atoms with Gasteiger partial charge in [-0.25, -0.2) is 4.79 Å². The molecule has 0 saturated heterocycles. The molecule has 0 saturated carbocycles. The van der Waals surface area contributed by atoms with E-state index in [0.29, 0.717) is 35.6 Å². The van der Waals surface area contributed by atoms with Crippen molar-refractivity contribution in [2.24, 2.45) is 0 Å². The van der Waals surface area contributed by atoms with E-state index in [-0.39, 0.29) is 5.91 Å². The molecule has 7 heteroatoms. The van der Waals surface area contributed by atoms with Crippen molar-refractivity contribution in [3.8, 4) is 5.75 Å². The van der Waals surface area contributed by atoms with Crippen molar-refractivity contribution in [1.82, 2.24) is 4.90 Å². The lowest BCUT2D eigenvalue weighted by molar-refractivity contribution is 0.0597. The second-order valence-electron chi connectivity index (χ2n) is 7.30. The summed E-state index contributed by atoms with van der Waals surface area (Å²) in [6.07, 6.45) is 0.109. The highest BCUT2D eigenvalue weighted by molar-refractivity contribution is 6.01. The van der Waals surface area contributed by atoms with Crippen molar-refractivity contribution >= 4 is 17.6 Å². The van der Waals surface area contributed by atoms with Crippen LogP contribution in [0.25, 0.3) is 0 Å². The molecule has 1 atom stereocenters. The van der Waals surface area contributed by atoms with Gasteiger partial charge in [0.2, 0.25) is 0 Å². The van der Waals surface area contributed by atoms with E-state index in [9.17, 15) is 9.59 Å². The number of nitrogens with zero attached hydrogens (tertiary/aromatic N) is 1. The average Bonchev–Trinajstić information content (AvgIpc) is 3.19. The number of furan rings is 1. The molecule has 1 aliphatic rings. The molecule has 31 heavy (non-hydrogen) atoms. The second kappa shape index (κ2) is 8.55. The number of amides is 1. The summed E-state index contributed by atoms with van der Waals surface area (Å²) in [6, 6.07) is 16.8. The summed E-state index contributed by atoms with van der Waals surface area (Å²) in [5, 5.41) is 3.39. The van der Waals surface area contributed by atoms with Gasteiger partial charge in [0.15, 0.2) is 6.17 Å².